The Bertz CT molecular complexity index is 1410. The number of ether oxygens (including phenoxy) is 1. The van der Waals surface area contributed by atoms with Crippen LogP contribution in [-0.4, -0.2) is 102 Å². The second kappa shape index (κ2) is 11.8. The van der Waals surface area contributed by atoms with Gasteiger partial charge in [0.05, 0.1) is 35.6 Å². The van der Waals surface area contributed by atoms with Crippen LogP contribution in [0.15, 0.2) is 49.6 Å². The Morgan fingerprint density at radius 3 is 2.53 bits per heavy atom. The number of hydrogen-bond acceptors (Lipinski definition) is 7. The maximum Gasteiger partial charge on any atom is 0.250 e. The summed E-state index contributed by atoms with van der Waals surface area (Å²) in [6.07, 6.45) is 4.97. The Balaban J connectivity index is 1.60. The first-order valence-corrected chi connectivity index (χ1v) is 15.3. The van der Waals surface area contributed by atoms with E-state index in [4.69, 9.17) is 4.74 Å². The Labute approximate surface area is 253 Å². The molecule has 2 aromatic rings. The molecular formula is C32H44N6O5. The number of amides is 3. The van der Waals surface area contributed by atoms with Gasteiger partial charge in [-0.3, -0.25) is 14.4 Å². The van der Waals surface area contributed by atoms with Crippen LogP contribution >= 0.6 is 0 Å². The van der Waals surface area contributed by atoms with E-state index in [0.717, 1.165) is 11.9 Å². The number of aliphatic hydroxyl groups is 1. The number of carbonyl (C=O) groups excluding carboxylic acids is 3. The highest BCUT2D eigenvalue weighted by molar-refractivity contribution is 5.99. The fourth-order valence-corrected chi connectivity index (χ4v) is 7.78. The Kier molecular flexibility index (Phi) is 8.50. The summed E-state index contributed by atoms with van der Waals surface area (Å²) in [5, 5.41) is 18.9. The van der Waals surface area contributed by atoms with Crippen LogP contribution < -0.4 is 0 Å². The van der Waals surface area contributed by atoms with Gasteiger partial charge in [-0.1, -0.05) is 50.3 Å². The standard InChI is InChI=1S/C32H44N6O5/c1-7-15-35(16-8-2)28(40)25-26-29(41)38(22(10-4)19-39)27(32(26)18-21(5)31(25,6)43-32)30(42)36(17-9-3)20-37-24-14-12-11-13-23(24)33-34-37/h7,9,11-14,21-22,25-27,39H,1,3,8,10,15-20H2,2,4-6H3/t21?,22-,25+,26-,27?,31-,32?/m0/s1. The molecule has 1 N–H and O–H groups in total. The van der Waals surface area contributed by atoms with Crippen LogP contribution in [0.25, 0.3) is 11.0 Å². The predicted octanol–water partition coefficient (Wildman–Crippen LogP) is 2.61. The number of fused-ring (bicyclic) bond motifs is 2. The zero-order chi connectivity index (χ0) is 31.1. The summed E-state index contributed by atoms with van der Waals surface area (Å²) in [6, 6.07) is 5.85. The second-order valence-corrected chi connectivity index (χ2v) is 12.3. The van der Waals surface area contributed by atoms with E-state index in [1.54, 1.807) is 26.6 Å². The smallest absolute Gasteiger partial charge is 0.250 e. The lowest BCUT2D eigenvalue weighted by Gasteiger charge is -2.39. The molecular weight excluding hydrogens is 548 g/mol. The Morgan fingerprint density at radius 2 is 1.88 bits per heavy atom. The van der Waals surface area contributed by atoms with E-state index < -0.39 is 35.1 Å². The number of benzene rings is 1. The number of para-hydroxylation sites is 1. The molecule has 5 rings (SSSR count). The average molecular weight is 593 g/mol. The van der Waals surface area contributed by atoms with Gasteiger partial charge in [0.2, 0.25) is 17.7 Å². The van der Waals surface area contributed by atoms with Gasteiger partial charge in [-0.2, -0.15) is 0 Å². The molecule has 43 heavy (non-hydrogen) atoms. The third kappa shape index (κ3) is 4.68. The van der Waals surface area contributed by atoms with Crippen molar-refractivity contribution in [2.75, 3.05) is 26.2 Å². The molecule has 0 saturated carbocycles. The van der Waals surface area contributed by atoms with Gasteiger partial charge in [-0.05, 0) is 44.2 Å². The van der Waals surface area contributed by atoms with Gasteiger partial charge in [0.1, 0.15) is 23.8 Å². The van der Waals surface area contributed by atoms with Crippen LogP contribution in [0, 0.1) is 17.8 Å². The van der Waals surface area contributed by atoms with Crippen molar-refractivity contribution in [2.24, 2.45) is 17.8 Å². The second-order valence-electron chi connectivity index (χ2n) is 12.3. The molecule has 0 radical (unpaired) electrons. The normalized spacial score (nSPS) is 30.0. The lowest BCUT2D eigenvalue weighted by molar-refractivity contribution is -0.158. The van der Waals surface area contributed by atoms with Crippen molar-refractivity contribution in [1.82, 2.24) is 29.7 Å². The fraction of sp³-hybridized carbons (Fsp3) is 0.594. The van der Waals surface area contributed by atoms with Gasteiger partial charge < -0.3 is 24.5 Å². The Morgan fingerprint density at radius 1 is 1.19 bits per heavy atom. The zero-order valence-electron chi connectivity index (χ0n) is 25.7. The molecule has 3 aliphatic heterocycles. The maximum atomic E-state index is 14.8. The number of nitrogens with zero attached hydrogens (tertiary/aromatic N) is 6. The summed E-state index contributed by atoms with van der Waals surface area (Å²) in [4.78, 5) is 48.5. The quantitative estimate of drug-likeness (QED) is 0.355. The SMILES string of the molecule is C=CCN(Cn1nnc2ccccc21)C(=O)C1N([C@@H](CC)CO)C(=O)[C@@H]2[C@H](C(=O)N(CC=C)CCC)[C@@]3(C)OC12CC3C. The summed E-state index contributed by atoms with van der Waals surface area (Å²) in [6.45, 7) is 16.4. The van der Waals surface area contributed by atoms with E-state index in [2.05, 4.69) is 23.5 Å². The van der Waals surface area contributed by atoms with E-state index in [0.29, 0.717) is 31.4 Å². The fourth-order valence-electron chi connectivity index (χ4n) is 7.78. The molecule has 3 aliphatic rings. The summed E-state index contributed by atoms with van der Waals surface area (Å²) < 4.78 is 8.56. The molecule has 4 heterocycles. The highest BCUT2D eigenvalue weighted by Crippen LogP contribution is 2.65. The molecule has 1 aromatic heterocycles. The molecule has 2 bridgehead atoms. The minimum Gasteiger partial charge on any atom is -0.394 e. The first-order chi connectivity index (χ1) is 20.6. The van der Waals surface area contributed by atoms with Crippen molar-refractivity contribution in [3.05, 3.63) is 49.6 Å². The van der Waals surface area contributed by atoms with Crippen molar-refractivity contribution < 1.29 is 24.2 Å². The molecule has 3 fully saturated rings. The van der Waals surface area contributed by atoms with Crippen LogP contribution in [0.2, 0.25) is 0 Å². The molecule has 3 amide bonds. The predicted molar refractivity (Wildman–Crippen MR) is 161 cm³/mol. The van der Waals surface area contributed by atoms with Crippen LogP contribution in [0.4, 0.5) is 0 Å². The number of likely N-dealkylation sites (tertiary alicyclic amines) is 1. The number of carbonyl (C=O) groups is 3. The summed E-state index contributed by atoms with van der Waals surface area (Å²) in [5.41, 5.74) is -0.680. The number of aliphatic hydroxyl groups excluding tert-OH is 1. The third-order valence-electron chi connectivity index (χ3n) is 9.87. The molecule has 0 aliphatic carbocycles. The average Bonchev–Trinajstić information content (AvgIpc) is 3.66. The van der Waals surface area contributed by atoms with Gasteiger partial charge in [-0.15, -0.1) is 18.3 Å². The molecule has 3 saturated heterocycles. The van der Waals surface area contributed by atoms with Crippen molar-refractivity contribution in [3.8, 4) is 0 Å². The van der Waals surface area contributed by atoms with E-state index in [1.807, 2.05) is 52.0 Å². The van der Waals surface area contributed by atoms with Gasteiger partial charge in [-0.25, -0.2) is 4.68 Å². The van der Waals surface area contributed by atoms with E-state index in [1.165, 1.54) is 4.90 Å². The lowest BCUT2D eigenvalue weighted by atomic mass is 9.62. The number of rotatable bonds is 13. The summed E-state index contributed by atoms with van der Waals surface area (Å²) in [5.74, 6) is -2.50. The monoisotopic (exact) mass is 592 g/mol. The molecule has 1 aromatic carbocycles. The summed E-state index contributed by atoms with van der Waals surface area (Å²) in [7, 11) is 0. The molecule has 11 nitrogen and oxygen atoms in total. The van der Waals surface area contributed by atoms with E-state index >= 15 is 0 Å². The summed E-state index contributed by atoms with van der Waals surface area (Å²) >= 11 is 0. The highest BCUT2D eigenvalue weighted by atomic mass is 16.5. The number of aromatic nitrogens is 3. The van der Waals surface area contributed by atoms with Crippen molar-refractivity contribution >= 4 is 28.8 Å². The van der Waals surface area contributed by atoms with Crippen molar-refractivity contribution in [2.45, 2.75) is 76.9 Å². The van der Waals surface area contributed by atoms with Gasteiger partial charge in [0.25, 0.3) is 0 Å². The van der Waals surface area contributed by atoms with Crippen LogP contribution in [0.5, 0.6) is 0 Å². The maximum absolute atomic E-state index is 14.8. The lowest BCUT2D eigenvalue weighted by Crippen LogP contribution is -2.59. The Hall–Kier alpha value is -3.57. The topological polar surface area (TPSA) is 121 Å². The highest BCUT2D eigenvalue weighted by Gasteiger charge is 2.80. The first-order valence-electron chi connectivity index (χ1n) is 15.3. The van der Waals surface area contributed by atoms with Gasteiger partial charge in [0.15, 0.2) is 0 Å². The van der Waals surface area contributed by atoms with Crippen LogP contribution in [-0.2, 0) is 25.8 Å². The van der Waals surface area contributed by atoms with E-state index in [-0.39, 0.29) is 43.5 Å². The zero-order valence-corrected chi connectivity index (χ0v) is 25.7. The van der Waals surface area contributed by atoms with Crippen molar-refractivity contribution in [1.29, 1.82) is 0 Å². The molecule has 7 atom stereocenters. The minimum atomic E-state index is -1.22. The largest absolute Gasteiger partial charge is 0.394 e. The molecule has 11 heteroatoms. The molecule has 1 spiro atoms. The number of hydrogen-bond donors (Lipinski definition) is 1. The molecule has 3 unspecified atom stereocenters. The molecule has 232 valence electrons. The van der Waals surface area contributed by atoms with E-state index in [9.17, 15) is 19.5 Å². The third-order valence-corrected chi connectivity index (χ3v) is 9.87. The first kappa shape index (κ1) is 30.9. The van der Waals surface area contributed by atoms with Crippen molar-refractivity contribution in [3.63, 3.8) is 0 Å². The van der Waals surface area contributed by atoms with Gasteiger partial charge in [0, 0.05) is 19.6 Å². The van der Waals surface area contributed by atoms with Crippen LogP contribution in [0.1, 0.15) is 47.0 Å². The van der Waals surface area contributed by atoms with Gasteiger partial charge >= 0.3 is 0 Å². The minimum absolute atomic E-state index is 0.0827. The van der Waals surface area contributed by atoms with Crippen LogP contribution in [0.3, 0.4) is 0 Å².